The van der Waals surface area contributed by atoms with E-state index in [0.29, 0.717) is 43.9 Å². The largest absolute Gasteiger partial charge is 0.462 e. The predicted octanol–water partition coefficient (Wildman–Crippen LogP) is 2.20. The number of amidine groups is 1. The van der Waals surface area contributed by atoms with Crippen molar-refractivity contribution >= 4 is 44.5 Å². The molecule has 2 aromatic heterocycles. The first-order valence-electron chi connectivity index (χ1n) is 7.20. The second-order valence-corrected chi connectivity index (χ2v) is 6.72. The number of nitrogens with zero attached hydrogens (tertiary/aromatic N) is 2. The summed E-state index contributed by atoms with van der Waals surface area (Å²) in [5.41, 5.74) is 6.06. The van der Waals surface area contributed by atoms with Gasteiger partial charge in [-0.1, -0.05) is 17.8 Å². The van der Waals surface area contributed by atoms with Gasteiger partial charge in [-0.2, -0.15) is 0 Å². The summed E-state index contributed by atoms with van der Waals surface area (Å²) in [6.07, 6.45) is 1.64. The first-order chi connectivity index (χ1) is 11.5. The highest BCUT2D eigenvalue weighted by atomic mass is 32.2. The molecule has 0 amide bonds. The molecule has 0 spiro atoms. The van der Waals surface area contributed by atoms with Gasteiger partial charge in [0.25, 0.3) is 5.56 Å². The predicted molar refractivity (Wildman–Crippen MR) is 98.9 cm³/mol. The number of aromatic nitrogens is 2. The summed E-state index contributed by atoms with van der Waals surface area (Å²) in [6.45, 7) is 7.74. The number of esters is 1. The number of fused-ring (bicyclic) bond motifs is 1. The minimum absolute atomic E-state index is 0.276. The molecule has 24 heavy (non-hydrogen) atoms. The fourth-order valence-electron chi connectivity index (χ4n) is 1.99. The van der Waals surface area contributed by atoms with E-state index in [1.807, 2.05) is 0 Å². The van der Waals surface area contributed by atoms with E-state index in [1.54, 1.807) is 19.9 Å². The van der Waals surface area contributed by atoms with Gasteiger partial charge < -0.3 is 15.5 Å². The van der Waals surface area contributed by atoms with Gasteiger partial charge in [0.2, 0.25) is 0 Å². The number of carbonyl (C=O) groups excluding carboxylic acids is 1. The number of nitrogens with one attached hydrogen (secondary N) is 1. The van der Waals surface area contributed by atoms with E-state index in [4.69, 9.17) is 10.5 Å². The molecule has 0 unspecified atom stereocenters. The Morgan fingerprint density at radius 2 is 2.33 bits per heavy atom. The van der Waals surface area contributed by atoms with Crippen LogP contribution < -0.4 is 11.3 Å². The van der Waals surface area contributed by atoms with Crippen molar-refractivity contribution in [2.24, 2.45) is 10.7 Å². The molecule has 0 saturated carbocycles. The van der Waals surface area contributed by atoms with Crippen LogP contribution in [0.3, 0.4) is 0 Å². The molecule has 2 aromatic rings. The number of nitrogens with two attached hydrogens (primary N) is 1. The lowest BCUT2D eigenvalue weighted by Crippen LogP contribution is -2.13. The van der Waals surface area contributed by atoms with Gasteiger partial charge in [-0.15, -0.1) is 17.9 Å². The zero-order chi connectivity index (χ0) is 17.7. The van der Waals surface area contributed by atoms with Crippen LogP contribution in [0.5, 0.6) is 0 Å². The summed E-state index contributed by atoms with van der Waals surface area (Å²) in [5.74, 6) is 0.420. The van der Waals surface area contributed by atoms with Crippen LogP contribution in [0.4, 0.5) is 0 Å². The highest BCUT2D eigenvalue weighted by Gasteiger charge is 2.20. The zero-order valence-electron chi connectivity index (χ0n) is 13.4. The van der Waals surface area contributed by atoms with Crippen molar-refractivity contribution in [3.63, 3.8) is 0 Å². The number of ether oxygens (including phenoxy) is 1. The summed E-state index contributed by atoms with van der Waals surface area (Å²) in [4.78, 5) is 36.4. The molecule has 0 radical (unpaired) electrons. The second kappa shape index (κ2) is 8.11. The summed E-state index contributed by atoms with van der Waals surface area (Å²) in [5, 5.41) is 0.817. The third-order valence-electron chi connectivity index (χ3n) is 3.04. The highest BCUT2D eigenvalue weighted by molar-refractivity contribution is 8.13. The Bertz CT molecular complexity index is 854. The van der Waals surface area contributed by atoms with E-state index in [9.17, 15) is 9.59 Å². The lowest BCUT2D eigenvalue weighted by Gasteiger charge is -2.01. The molecule has 128 valence electrons. The number of aliphatic imine (C=N–C) groups is 1. The Hall–Kier alpha value is -2.13. The number of H-pyrrole nitrogens is 1. The molecule has 0 atom stereocenters. The fourth-order valence-corrected chi connectivity index (χ4v) is 3.67. The number of thiophene rings is 1. The first-order valence-corrected chi connectivity index (χ1v) is 9.01. The van der Waals surface area contributed by atoms with Crippen molar-refractivity contribution in [1.82, 2.24) is 9.97 Å². The van der Waals surface area contributed by atoms with Gasteiger partial charge in [0, 0.05) is 0 Å². The molecule has 2 rings (SSSR count). The van der Waals surface area contributed by atoms with E-state index in [0.717, 1.165) is 11.3 Å². The molecular weight excluding hydrogens is 348 g/mol. The molecule has 2 heterocycles. The maximum Gasteiger partial charge on any atom is 0.348 e. The summed E-state index contributed by atoms with van der Waals surface area (Å²) >= 11 is 2.43. The maximum atomic E-state index is 12.3. The lowest BCUT2D eigenvalue weighted by molar-refractivity contribution is 0.0531. The number of thioether (sulfide) groups is 1. The molecule has 0 aliphatic carbocycles. The van der Waals surface area contributed by atoms with E-state index in [-0.39, 0.29) is 12.2 Å². The van der Waals surface area contributed by atoms with Crippen LogP contribution in [-0.2, 0) is 10.5 Å². The van der Waals surface area contributed by atoms with Crippen molar-refractivity contribution in [2.45, 2.75) is 19.6 Å². The van der Waals surface area contributed by atoms with Crippen LogP contribution >= 0.6 is 23.1 Å². The van der Waals surface area contributed by atoms with E-state index in [2.05, 4.69) is 21.5 Å². The Balaban J connectivity index is 2.31. The lowest BCUT2D eigenvalue weighted by atomic mass is 10.2. The summed E-state index contributed by atoms with van der Waals surface area (Å²) in [6, 6.07) is 0. The van der Waals surface area contributed by atoms with Crippen LogP contribution in [0, 0.1) is 6.92 Å². The summed E-state index contributed by atoms with van der Waals surface area (Å²) in [7, 11) is 0. The Kier molecular flexibility index (Phi) is 6.16. The minimum Gasteiger partial charge on any atom is -0.462 e. The number of carbonyl (C=O) groups is 1. The second-order valence-electron chi connectivity index (χ2n) is 4.73. The molecule has 7 nitrogen and oxygen atoms in total. The van der Waals surface area contributed by atoms with Gasteiger partial charge in [0.05, 0.1) is 24.3 Å². The molecule has 0 bridgehead atoms. The van der Waals surface area contributed by atoms with Crippen molar-refractivity contribution in [2.75, 3.05) is 13.2 Å². The Morgan fingerprint density at radius 3 is 3.00 bits per heavy atom. The van der Waals surface area contributed by atoms with Gasteiger partial charge in [0.1, 0.15) is 15.5 Å². The quantitative estimate of drug-likeness (QED) is 0.351. The van der Waals surface area contributed by atoms with E-state index >= 15 is 0 Å². The van der Waals surface area contributed by atoms with Gasteiger partial charge in [-0.3, -0.25) is 9.79 Å². The topological polar surface area (TPSA) is 110 Å². The average Bonchev–Trinajstić information content (AvgIpc) is 2.88. The molecule has 0 aliphatic heterocycles. The number of aryl methyl sites for hydroxylation is 1. The monoisotopic (exact) mass is 366 g/mol. The number of hydrogen-bond acceptors (Lipinski definition) is 7. The van der Waals surface area contributed by atoms with Crippen LogP contribution in [-0.4, -0.2) is 34.3 Å². The maximum absolute atomic E-state index is 12.3. The molecule has 0 fully saturated rings. The van der Waals surface area contributed by atoms with Crippen molar-refractivity contribution < 1.29 is 9.53 Å². The highest BCUT2D eigenvalue weighted by Crippen LogP contribution is 2.28. The molecule has 9 heteroatoms. The van der Waals surface area contributed by atoms with Gasteiger partial charge in [-0.05, 0) is 19.4 Å². The SMILES string of the molecule is C=CCN=C(N)SCc1nc2sc(C(=O)OCC)c(C)c2c(=O)[nH]1. The first kappa shape index (κ1) is 18.2. The Labute approximate surface area is 147 Å². The smallest absolute Gasteiger partial charge is 0.348 e. The molecule has 3 N–H and O–H groups in total. The zero-order valence-corrected chi connectivity index (χ0v) is 15.1. The van der Waals surface area contributed by atoms with Gasteiger partial charge in [-0.25, -0.2) is 9.78 Å². The number of aromatic amines is 1. The Morgan fingerprint density at radius 1 is 1.58 bits per heavy atom. The van der Waals surface area contributed by atoms with Gasteiger partial charge in [0.15, 0.2) is 5.17 Å². The number of rotatable bonds is 6. The van der Waals surface area contributed by atoms with Crippen LogP contribution in [0.2, 0.25) is 0 Å². The van der Waals surface area contributed by atoms with E-state index < -0.39 is 5.97 Å². The van der Waals surface area contributed by atoms with Crippen LogP contribution in [0.25, 0.3) is 10.2 Å². The molecular formula is C15H18N4O3S2. The standard InChI is InChI=1S/C15H18N4O3S2/c1-4-6-17-15(16)23-7-9-18-12(20)10-8(3)11(14(21)22-5-2)24-13(10)19-9/h4H,1,5-7H2,2-3H3,(H2,16,17)(H,18,19,20). The van der Waals surface area contributed by atoms with E-state index in [1.165, 1.54) is 11.8 Å². The fraction of sp³-hybridized carbons (Fsp3) is 0.333. The molecule has 0 saturated heterocycles. The molecule has 0 aromatic carbocycles. The minimum atomic E-state index is -0.436. The third kappa shape index (κ3) is 4.04. The van der Waals surface area contributed by atoms with Crippen molar-refractivity contribution in [3.8, 4) is 0 Å². The van der Waals surface area contributed by atoms with Crippen LogP contribution in [0.15, 0.2) is 22.4 Å². The normalized spacial score (nSPS) is 11.7. The summed E-state index contributed by atoms with van der Waals surface area (Å²) < 4.78 is 5.01. The van der Waals surface area contributed by atoms with Crippen LogP contribution in [0.1, 0.15) is 28.0 Å². The average molecular weight is 366 g/mol. The van der Waals surface area contributed by atoms with Crippen molar-refractivity contribution in [3.05, 3.63) is 39.3 Å². The van der Waals surface area contributed by atoms with Crippen molar-refractivity contribution in [1.29, 1.82) is 0 Å². The third-order valence-corrected chi connectivity index (χ3v) is 5.05. The number of hydrogen-bond donors (Lipinski definition) is 2. The molecule has 0 aliphatic rings. The van der Waals surface area contributed by atoms with Gasteiger partial charge >= 0.3 is 5.97 Å².